The van der Waals surface area contributed by atoms with Crippen molar-refractivity contribution >= 4 is 5.97 Å². The van der Waals surface area contributed by atoms with Gasteiger partial charge in [0.2, 0.25) is 0 Å². The van der Waals surface area contributed by atoms with Gasteiger partial charge in [0.1, 0.15) is 5.60 Å². The highest BCUT2D eigenvalue weighted by Crippen LogP contribution is 2.55. The topological polar surface area (TPSA) is 46.5 Å². The van der Waals surface area contributed by atoms with Gasteiger partial charge in [-0.2, -0.15) is 0 Å². The van der Waals surface area contributed by atoms with Crippen LogP contribution in [0.25, 0.3) is 0 Å². The first-order chi connectivity index (χ1) is 9.19. The third kappa shape index (κ3) is 2.52. The van der Waals surface area contributed by atoms with E-state index in [4.69, 9.17) is 4.74 Å². The van der Waals surface area contributed by atoms with Crippen LogP contribution in [0.4, 0.5) is 0 Å². The number of carbonyl (C=O) groups is 1. The van der Waals surface area contributed by atoms with E-state index in [1.165, 1.54) is 6.92 Å². The van der Waals surface area contributed by atoms with Crippen molar-refractivity contribution < 1.29 is 14.6 Å². The zero-order valence-electron chi connectivity index (χ0n) is 13.2. The molecule has 0 unspecified atom stereocenters. The molecule has 0 spiro atoms. The Hall–Kier alpha value is -0.830. The molecular formula is C17H28O3. The molecule has 0 aromatic heterocycles. The third-order valence-corrected chi connectivity index (χ3v) is 5.44. The van der Waals surface area contributed by atoms with E-state index in [0.29, 0.717) is 12.3 Å². The monoisotopic (exact) mass is 280 g/mol. The van der Waals surface area contributed by atoms with E-state index in [-0.39, 0.29) is 17.8 Å². The van der Waals surface area contributed by atoms with E-state index in [0.717, 1.165) is 31.3 Å². The summed E-state index contributed by atoms with van der Waals surface area (Å²) in [7, 11) is 0. The summed E-state index contributed by atoms with van der Waals surface area (Å²) in [6, 6.07) is 0. The van der Waals surface area contributed by atoms with Crippen molar-refractivity contribution in [3.63, 3.8) is 0 Å². The van der Waals surface area contributed by atoms with Gasteiger partial charge in [-0.1, -0.05) is 26.0 Å². The van der Waals surface area contributed by atoms with Crippen LogP contribution in [0.2, 0.25) is 0 Å². The average molecular weight is 280 g/mol. The maximum absolute atomic E-state index is 11.5. The highest BCUT2D eigenvalue weighted by Gasteiger charge is 2.58. The van der Waals surface area contributed by atoms with E-state index in [1.54, 1.807) is 0 Å². The van der Waals surface area contributed by atoms with Crippen molar-refractivity contribution in [2.75, 3.05) is 0 Å². The second kappa shape index (κ2) is 5.18. The lowest BCUT2D eigenvalue weighted by Crippen LogP contribution is -2.62. The SMILES string of the molecule is C=C1CC[C@@H]2[C@@](O)(C1)[C@H](C(C)C)CC[C@@]2(C)OC(C)=O. The normalized spacial score (nSPS) is 41.4. The molecule has 0 bridgehead atoms. The van der Waals surface area contributed by atoms with Crippen LogP contribution in [-0.4, -0.2) is 22.3 Å². The van der Waals surface area contributed by atoms with Crippen LogP contribution < -0.4 is 0 Å². The standard InChI is InChI=1S/C17H28O3/c1-11(2)14-8-9-16(5,20-13(4)18)15-7-6-12(3)10-17(14,15)19/h11,14-15,19H,3,6-10H2,1-2,4-5H3/t14-,15-,16+,17+/m0/s1. The van der Waals surface area contributed by atoms with Crippen LogP contribution in [0.1, 0.15) is 59.8 Å². The number of rotatable bonds is 2. The lowest BCUT2D eigenvalue weighted by atomic mass is 9.54. The Bertz CT molecular complexity index is 414. The third-order valence-electron chi connectivity index (χ3n) is 5.44. The summed E-state index contributed by atoms with van der Waals surface area (Å²) in [5.74, 6) is 0.455. The molecule has 2 rings (SSSR count). The largest absolute Gasteiger partial charge is 0.459 e. The zero-order valence-corrected chi connectivity index (χ0v) is 13.2. The molecule has 2 saturated carbocycles. The predicted molar refractivity (Wildman–Crippen MR) is 79.2 cm³/mol. The second-order valence-electron chi connectivity index (χ2n) is 7.30. The molecule has 3 heteroatoms. The van der Waals surface area contributed by atoms with Crippen LogP contribution in [0, 0.1) is 17.8 Å². The molecule has 1 N–H and O–H groups in total. The second-order valence-corrected chi connectivity index (χ2v) is 7.30. The maximum Gasteiger partial charge on any atom is 0.303 e. The summed E-state index contributed by atoms with van der Waals surface area (Å²) >= 11 is 0. The Morgan fingerprint density at radius 2 is 2.10 bits per heavy atom. The molecule has 0 aliphatic heterocycles. The lowest BCUT2D eigenvalue weighted by molar-refractivity contribution is -0.215. The Kier molecular flexibility index (Phi) is 4.03. The molecule has 2 aliphatic rings. The zero-order chi connectivity index (χ0) is 15.1. The lowest BCUT2D eigenvalue weighted by Gasteiger charge is -2.57. The van der Waals surface area contributed by atoms with E-state index in [9.17, 15) is 9.90 Å². The van der Waals surface area contributed by atoms with Gasteiger partial charge in [0.15, 0.2) is 0 Å². The molecule has 114 valence electrons. The van der Waals surface area contributed by atoms with Gasteiger partial charge in [0, 0.05) is 12.8 Å². The fraction of sp³-hybridized carbons (Fsp3) is 0.824. The fourth-order valence-electron chi connectivity index (χ4n) is 4.66. The van der Waals surface area contributed by atoms with Gasteiger partial charge in [-0.15, -0.1) is 0 Å². The van der Waals surface area contributed by atoms with Gasteiger partial charge in [-0.3, -0.25) is 4.79 Å². The van der Waals surface area contributed by atoms with E-state index in [2.05, 4.69) is 20.4 Å². The van der Waals surface area contributed by atoms with Gasteiger partial charge in [0.05, 0.1) is 5.60 Å². The first kappa shape index (κ1) is 15.6. The van der Waals surface area contributed by atoms with Gasteiger partial charge in [-0.25, -0.2) is 0 Å². The molecule has 0 radical (unpaired) electrons. The summed E-state index contributed by atoms with van der Waals surface area (Å²) in [4.78, 5) is 11.5. The van der Waals surface area contributed by atoms with E-state index < -0.39 is 11.2 Å². The van der Waals surface area contributed by atoms with Crippen molar-refractivity contribution in [3.8, 4) is 0 Å². The molecule has 3 nitrogen and oxygen atoms in total. The Morgan fingerprint density at radius 1 is 1.45 bits per heavy atom. The molecule has 0 amide bonds. The number of fused-ring (bicyclic) bond motifs is 1. The van der Waals surface area contributed by atoms with Crippen molar-refractivity contribution in [2.24, 2.45) is 17.8 Å². The van der Waals surface area contributed by atoms with Crippen LogP contribution in [0.15, 0.2) is 12.2 Å². The summed E-state index contributed by atoms with van der Waals surface area (Å²) in [6.07, 6.45) is 4.19. The summed E-state index contributed by atoms with van der Waals surface area (Å²) in [5.41, 5.74) is -0.181. The minimum absolute atomic E-state index is 0.0190. The molecule has 4 atom stereocenters. The van der Waals surface area contributed by atoms with Gasteiger partial charge >= 0.3 is 5.97 Å². The minimum Gasteiger partial charge on any atom is -0.459 e. The van der Waals surface area contributed by atoms with E-state index >= 15 is 0 Å². The molecule has 2 fully saturated rings. The summed E-state index contributed by atoms with van der Waals surface area (Å²) < 4.78 is 5.65. The molecule has 0 aromatic rings. The fourth-order valence-corrected chi connectivity index (χ4v) is 4.66. The first-order valence-corrected chi connectivity index (χ1v) is 7.77. The Morgan fingerprint density at radius 3 is 2.65 bits per heavy atom. The number of aliphatic hydroxyl groups is 1. The average Bonchev–Trinajstić information content (AvgIpc) is 2.25. The molecular weight excluding hydrogens is 252 g/mol. The highest BCUT2D eigenvalue weighted by molar-refractivity contribution is 5.66. The Labute approximate surface area is 122 Å². The predicted octanol–water partition coefficient (Wildman–Crippen LogP) is 3.46. The van der Waals surface area contributed by atoms with Crippen LogP contribution in [0.5, 0.6) is 0 Å². The molecule has 0 heterocycles. The quantitative estimate of drug-likeness (QED) is 0.622. The van der Waals surface area contributed by atoms with Crippen molar-refractivity contribution in [1.82, 2.24) is 0 Å². The number of hydrogen-bond acceptors (Lipinski definition) is 3. The van der Waals surface area contributed by atoms with Crippen molar-refractivity contribution in [1.29, 1.82) is 0 Å². The van der Waals surface area contributed by atoms with Crippen molar-refractivity contribution in [2.45, 2.75) is 71.0 Å². The number of ether oxygens (including phenoxy) is 1. The van der Waals surface area contributed by atoms with Gasteiger partial charge in [-0.05, 0) is 50.9 Å². The summed E-state index contributed by atoms with van der Waals surface area (Å²) in [5, 5.41) is 11.4. The first-order valence-electron chi connectivity index (χ1n) is 7.77. The highest BCUT2D eigenvalue weighted by atomic mass is 16.6. The van der Waals surface area contributed by atoms with Crippen LogP contribution in [0.3, 0.4) is 0 Å². The molecule has 0 aromatic carbocycles. The molecule has 20 heavy (non-hydrogen) atoms. The molecule has 2 aliphatic carbocycles. The molecule has 0 saturated heterocycles. The van der Waals surface area contributed by atoms with Crippen molar-refractivity contribution in [3.05, 3.63) is 12.2 Å². The van der Waals surface area contributed by atoms with Crippen LogP contribution in [-0.2, 0) is 9.53 Å². The van der Waals surface area contributed by atoms with Crippen LogP contribution >= 0.6 is 0 Å². The number of carbonyl (C=O) groups excluding carboxylic acids is 1. The summed E-state index contributed by atoms with van der Waals surface area (Å²) in [6.45, 7) is 11.9. The maximum atomic E-state index is 11.5. The Balaban J connectivity index is 2.36. The smallest absolute Gasteiger partial charge is 0.303 e. The number of hydrogen-bond donors (Lipinski definition) is 1. The van der Waals surface area contributed by atoms with Gasteiger partial charge in [0.25, 0.3) is 0 Å². The minimum atomic E-state index is -0.772. The van der Waals surface area contributed by atoms with E-state index in [1.807, 2.05) is 6.92 Å². The number of esters is 1. The van der Waals surface area contributed by atoms with Gasteiger partial charge < -0.3 is 9.84 Å².